The molecule has 1 saturated heterocycles. The van der Waals surface area contributed by atoms with Gasteiger partial charge in [-0.15, -0.1) is 0 Å². The van der Waals surface area contributed by atoms with Crippen molar-refractivity contribution in [2.75, 3.05) is 6.61 Å². The van der Waals surface area contributed by atoms with Gasteiger partial charge in [-0.05, 0) is 26.2 Å². The van der Waals surface area contributed by atoms with E-state index in [-0.39, 0.29) is 24.0 Å². The molecule has 5 heteroatoms. The van der Waals surface area contributed by atoms with Crippen LogP contribution in [0.25, 0.3) is 0 Å². The zero-order valence-corrected chi connectivity index (χ0v) is 11.4. The fourth-order valence-corrected chi connectivity index (χ4v) is 3.08. The third-order valence-corrected chi connectivity index (χ3v) is 4.23. The number of amides is 1. The van der Waals surface area contributed by atoms with E-state index in [1.54, 1.807) is 0 Å². The maximum absolute atomic E-state index is 12.2. The van der Waals surface area contributed by atoms with Gasteiger partial charge in [0.2, 0.25) is 5.91 Å². The van der Waals surface area contributed by atoms with Crippen LogP contribution in [-0.4, -0.2) is 35.7 Å². The third kappa shape index (κ3) is 3.69. The minimum absolute atomic E-state index is 0.0394. The Morgan fingerprint density at radius 1 is 1.21 bits per heavy atom. The molecule has 1 aliphatic carbocycles. The van der Waals surface area contributed by atoms with Crippen molar-refractivity contribution in [3.8, 4) is 0 Å². The van der Waals surface area contributed by atoms with Gasteiger partial charge in [0.15, 0.2) is 0 Å². The number of rotatable bonds is 3. The second-order valence-electron chi connectivity index (χ2n) is 5.77. The summed E-state index contributed by atoms with van der Waals surface area (Å²) >= 11 is 0. The molecule has 2 aliphatic rings. The van der Waals surface area contributed by atoms with Crippen LogP contribution in [0.4, 0.5) is 0 Å². The maximum Gasteiger partial charge on any atom is 0.308 e. The molecule has 0 spiro atoms. The van der Waals surface area contributed by atoms with Crippen LogP contribution in [0.2, 0.25) is 0 Å². The number of carboxylic acid groups (broad SMARTS) is 1. The van der Waals surface area contributed by atoms with Gasteiger partial charge in [-0.3, -0.25) is 9.59 Å². The highest BCUT2D eigenvalue weighted by Gasteiger charge is 2.34. The Morgan fingerprint density at radius 2 is 1.95 bits per heavy atom. The first-order chi connectivity index (χ1) is 9.08. The number of aliphatic carboxylic acids is 1. The lowest BCUT2D eigenvalue weighted by atomic mass is 9.94. The van der Waals surface area contributed by atoms with Crippen LogP contribution in [-0.2, 0) is 14.3 Å². The van der Waals surface area contributed by atoms with Gasteiger partial charge >= 0.3 is 5.97 Å². The first-order valence-electron chi connectivity index (χ1n) is 7.22. The normalized spacial score (nSPS) is 35.6. The lowest BCUT2D eigenvalue weighted by Gasteiger charge is -2.24. The molecule has 0 aromatic heterocycles. The first-order valence-corrected chi connectivity index (χ1v) is 7.22. The monoisotopic (exact) mass is 269 g/mol. The van der Waals surface area contributed by atoms with Crippen molar-refractivity contribution in [2.24, 2.45) is 11.8 Å². The smallest absolute Gasteiger partial charge is 0.308 e. The van der Waals surface area contributed by atoms with E-state index in [0.717, 1.165) is 32.1 Å². The predicted octanol–water partition coefficient (Wildman–Crippen LogP) is 1.56. The van der Waals surface area contributed by atoms with Gasteiger partial charge in [-0.2, -0.15) is 0 Å². The number of hydrogen-bond acceptors (Lipinski definition) is 3. The summed E-state index contributed by atoms with van der Waals surface area (Å²) < 4.78 is 5.40. The summed E-state index contributed by atoms with van der Waals surface area (Å²) in [5, 5.41) is 12.2. The summed E-state index contributed by atoms with van der Waals surface area (Å²) in [4.78, 5) is 23.5. The Hall–Kier alpha value is -1.10. The van der Waals surface area contributed by atoms with Crippen LogP contribution in [0.1, 0.15) is 45.4 Å². The van der Waals surface area contributed by atoms with E-state index in [2.05, 4.69) is 5.32 Å². The van der Waals surface area contributed by atoms with Crippen LogP contribution in [0.15, 0.2) is 0 Å². The molecule has 2 N–H and O–H groups in total. The molecule has 2 fully saturated rings. The van der Waals surface area contributed by atoms with Crippen molar-refractivity contribution >= 4 is 11.9 Å². The van der Waals surface area contributed by atoms with Crippen molar-refractivity contribution in [1.29, 1.82) is 0 Å². The molecule has 1 aliphatic heterocycles. The number of nitrogens with one attached hydrogen (secondary N) is 1. The van der Waals surface area contributed by atoms with E-state index in [1.807, 2.05) is 6.92 Å². The summed E-state index contributed by atoms with van der Waals surface area (Å²) in [6, 6.07) is -0.219. The quantitative estimate of drug-likeness (QED) is 0.762. The largest absolute Gasteiger partial charge is 0.481 e. The zero-order valence-electron chi connectivity index (χ0n) is 11.4. The van der Waals surface area contributed by atoms with E-state index >= 15 is 0 Å². The van der Waals surface area contributed by atoms with E-state index < -0.39 is 11.9 Å². The molecule has 0 aromatic rings. The van der Waals surface area contributed by atoms with E-state index in [9.17, 15) is 14.7 Å². The van der Waals surface area contributed by atoms with Gasteiger partial charge in [0.25, 0.3) is 0 Å². The van der Waals surface area contributed by atoms with Gasteiger partial charge in [0.05, 0.1) is 24.5 Å². The highest BCUT2D eigenvalue weighted by Crippen LogP contribution is 2.25. The van der Waals surface area contributed by atoms with Gasteiger partial charge in [0, 0.05) is 6.04 Å². The van der Waals surface area contributed by atoms with Gasteiger partial charge in [-0.1, -0.05) is 19.3 Å². The second kappa shape index (κ2) is 6.37. The topological polar surface area (TPSA) is 75.6 Å². The molecule has 108 valence electrons. The molecule has 0 aromatic carbocycles. The second-order valence-corrected chi connectivity index (χ2v) is 5.77. The highest BCUT2D eigenvalue weighted by molar-refractivity contribution is 5.80. The standard InChI is InChI=1S/C14H23NO4/c1-9-7-10(8-19-9)13(16)15-12-6-4-2-3-5-11(12)14(17)18/h9-12H,2-8H2,1H3,(H,15,16)(H,17,18). The summed E-state index contributed by atoms with van der Waals surface area (Å²) in [6.07, 6.45) is 5.28. The van der Waals surface area contributed by atoms with Crippen LogP contribution >= 0.6 is 0 Å². The van der Waals surface area contributed by atoms with E-state index in [4.69, 9.17) is 4.74 Å². The molecule has 19 heavy (non-hydrogen) atoms. The van der Waals surface area contributed by atoms with Crippen LogP contribution in [0.3, 0.4) is 0 Å². The molecule has 1 heterocycles. The number of carbonyl (C=O) groups excluding carboxylic acids is 1. The van der Waals surface area contributed by atoms with E-state index in [0.29, 0.717) is 13.0 Å². The molecule has 0 radical (unpaired) electrons. The molecule has 4 atom stereocenters. The molecule has 4 unspecified atom stereocenters. The van der Waals surface area contributed by atoms with Crippen molar-refractivity contribution in [2.45, 2.75) is 57.6 Å². The summed E-state index contributed by atoms with van der Waals surface area (Å²) in [5.74, 6) is -1.38. The Labute approximate surface area is 113 Å². The molecular formula is C14H23NO4. The predicted molar refractivity (Wildman–Crippen MR) is 69.7 cm³/mol. The van der Waals surface area contributed by atoms with Gasteiger partial charge in [0.1, 0.15) is 0 Å². The average Bonchev–Trinajstić information content (AvgIpc) is 2.65. The first kappa shape index (κ1) is 14.3. The van der Waals surface area contributed by atoms with E-state index in [1.165, 1.54) is 0 Å². The Morgan fingerprint density at radius 3 is 2.58 bits per heavy atom. The third-order valence-electron chi connectivity index (χ3n) is 4.23. The number of hydrogen-bond donors (Lipinski definition) is 2. The average molecular weight is 269 g/mol. The number of carbonyl (C=O) groups is 2. The molecule has 2 rings (SSSR count). The number of carboxylic acids is 1. The Kier molecular flexibility index (Phi) is 4.80. The Bertz CT molecular complexity index is 344. The van der Waals surface area contributed by atoms with Crippen LogP contribution in [0, 0.1) is 11.8 Å². The van der Waals surface area contributed by atoms with Crippen molar-refractivity contribution < 1.29 is 19.4 Å². The lowest BCUT2D eigenvalue weighted by Crippen LogP contribution is -2.45. The summed E-state index contributed by atoms with van der Waals surface area (Å²) in [7, 11) is 0. The van der Waals surface area contributed by atoms with Crippen LogP contribution in [0.5, 0.6) is 0 Å². The van der Waals surface area contributed by atoms with Gasteiger partial charge < -0.3 is 15.2 Å². The molecule has 0 bridgehead atoms. The van der Waals surface area contributed by atoms with Crippen LogP contribution < -0.4 is 5.32 Å². The minimum Gasteiger partial charge on any atom is -0.481 e. The molecule has 5 nitrogen and oxygen atoms in total. The van der Waals surface area contributed by atoms with Crippen molar-refractivity contribution in [3.63, 3.8) is 0 Å². The fraction of sp³-hybridized carbons (Fsp3) is 0.857. The highest BCUT2D eigenvalue weighted by atomic mass is 16.5. The zero-order chi connectivity index (χ0) is 13.8. The fourth-order valence-electron chi connectivity index (χ4n) is 3.08. The molecule has 1 amide bonds. The lowest BCUT2D eigenvalue weighted by molar-refractivity contribution is -0.143. The van der Waals surface area contributed by atoms with Gasteiger partial charge in [-0.25, -0.2) is 0 Å². The SMILES string of the molecule is CC1CC(C(=O)NC2CCCCCC2C(=O)O)CO1. The Balaban J connectivity index is 1.94. The minimum atomic E-state index is -0.789. The number of ether oxygens (including phenoxy) is 1. The van der Waals surface area contributed by atoms with Crippen molar-refractivity contribution in [3.05, 3.63) is 0 Å². The summed E-state index contributed by atoms with van der Waals surface area (Å²) in [5.41, 5.74) is 0. The summed E-state index contributed by atoms with van der Waals surface area (Å²) in [6.45, 7) is 2.41. The maximum atomic E-state index is 12.2. The van der Waals surface area contributed by atoms with Crippen molar-refractivity contribution in [1.82, 2.24) is 5.32 Å². The molecule has 1 saturated carbocycles. The molecular weight excluding hydrogens is 246 g/mol.